The highest BCUT2D eigenvalue weighted by Gasteiger charge is 2.21. The van der Waals surface area contributed by atoms with Crippen molar-refractivity contribution in [3.63, 3.8) is 0 Å². The molecule has 0 saturated carbocycles. The highest BCUT2D eigenvalue weighted by atomic mass is 32.2. The molecule has 1 aliphatic carbocycles. The number of aryl methyl sites for hydroxylation is 2. The van der Waals surface area contributed by atoms with E-state index >= 15 is 0 Å². The number of thiophene rings is 1. The second-order valence-corrected chi connectivity index (χ2v) is 10.6. The maximum absolute atomic E-state index is 13.6. The number of thioether (sulfide) groups is 2. The Hall–Kier alpha value is -1.84. The Balaban J connectivity index is 1.14. The first-order valence-corrected chi connectivity index (χ1v) is 13.4. The van der Waals surface area contributed by atoms with Gasteiger partial charge in [0, 0.05) is 35.1 Å². The monoisotopic (exact) mass is 477 g/mol. The van der Waals surface area contributed by atoms with Crippen LogP contribution in [0.4, 0.5) is 4.39 Å². The number of nitrogens with zero attached hydrogens (tertiary/aromatic N) is 1. The minimum absolute atomic E-state index is 0.00517. The van der Waals surface area contributed by atoms with Crippen molar-refractivity contribution in [2.75, 3.05) is 18.1 Å². The highest BCUT2D eigenvalue weighted by Crippen LogP contribution is 2.34. The number of nitrogens with one attached hydrogen (secondary N) is 2. The van der Waals surface area contributed by atoms with Gasteiger partial charge in [-0.3, -0.25) is 9.59 Å². The lowest BCUT2D eigenvalue weighted by Crippen LogP contribution is -2.26. The summed E-state index contributed by atoms with van der Waals surface area (Å²) in [5.74, 6) is 3.08. The molecule has 0 bridgehead atoms. The summed E-state index contributed by atoms with van der Waals surface area (Å²) in [7, 11) is 0. The van der Waals surface area contributed by atoms with Crippen molar-refractivity contribution in [3.8, 4) is 0 Å². The molecule has 0 fully saturated rings. The van der Waals surface area contributed by atoms with Crippen LogP contribution in [0.1, 0.15) is 34.7 Å². The van der Waals surface area contributed by atoms with Gasteiger partial charge in [-0.1, -0.05) is 18.2 Å². The van der Waals surface area contributed by atoms with Gasteiger partial charge >= 0.3 is 0 Å². The Bertz CT molecular complexity index is 1130. The van der Waals surface area contributed by atoms with E-state index < -0.39 is 0 Å². The third-order valence-electron chi connectivity index (χ3n) is 5.12. The fraction of sp³-hybridized carbons (Fsp3) is 0.409. The summed E-state index contributed by atoms with van der Waals surface area (Å²) in [6.45, 7) is 0.567. The summed E-state index contributed by atoms with van der Waals surface area (Å²) < 4.78 is 13.6. The van der Waals surface area contributed by atoms with Gasteiger partial charge in [0.2, 0.25) is 5.91 Å². The molecule has 0 atom stereocenters. The van der Waals surface area contributed by atoms with Crippen LogP contribution in [-0.2, 0) is 29.1 Å². The van der Waals surface area contributed by atoms with Crippen molar-refractivity contribution in [1.29, 1.82) is 0 Å². The smallest absolute Gasteiger partial charge is 0.259 e. The Labute approximate surface area is 192 Å². The molecule has 0 radical (unpaired) electrons. The molecule has 2 heterocycles. The molecule has 3 aromatic rings. The van der Waals surface area contributed by atoms with Crippen LogP contribution in [-0.4, -0.2) is 33.9 Å². The molecule has 0 spiro atoms. The Kier molecular flexibility index (Phi) is 7.68. The van der Waals surface area contributed by atoms with E-state index in [4.69, 9.17) is 0 Å². The molecule has 0 saturated heterocycles. The number of H-pyrrole nitrogens is 1. The first kappa shape index (κ1) is 22.4. The van der Waals surface area contributed by atoms with E-state index in [-0.39, 0.29) is 17.3 Å². The van der Waals surface area contributed by atoms with E-state index in [1.807, 2.05) is 6.07 Å². The van der Waals surface area contributed by atoms with E-state index in [0.29, 0.717) is 41.6 Å². The SMILES string of the molecule is O=C(CCSCc1nc2sc3c(c2c(=O)[nH]1)CCC3)NCCSCc1ccccc1F. The summed E-state index contributed by atoms with van der Waals surface area (Å²) in [5, 5.41) is 3.68. The first-order chi connectivity index (χ1) is 15.1. The summed E-state index contributed by atoms with van der Waals surface area (Å²) >= 11 is 4.83. The zero-order valence-electron chi connectivity index (χ0n) is 17.0. The lowest BCUT2D eigenvalue weighted by Gasteiger charge is -2.06. The normalized spacial score (nSPS) is 12.9. The molecule has 1 aromatic carbocycles. The van der Waals surface area contributed by atoms with Gasteiger partial charge in [0.05, 0.1) is 11.1 Å². The van der Waals surface area contributed by atoms with Crippen LogP contribution in [0.3, 0.4) is 0 Å². The van der Waals surface area contributed by atoms with Gasteiger partial charge in [0.15, 0.2) is 0 Å². The maximum atomic E-state index is 13.6. The van der Waals surface area contributed by atoms with Crippen LogP contribution in [0, 0.1) is 5.82 Å². The van der Waals surface area contributed by atoms with E-state index in [1.54, 1.807) is 47.0 Å². The standard InChI is InChI=1S/C22H24FN3O2S3/c23-16-6-2-1-4-14(16)12-30-11-9-24-19(27)8-10-29-13-18-25-21(28)20-15-5-3-7-17(15)31-22(20)26-18/h1-2,4,6H,3,5,7-13H2,(H,24,27)(H,25,26,28). The number of aromatic amines is 1. The minimum atomic E-state index is -0.186. The number of hydrogen-bond donors (Lipinski definition) is 2. The Morgan fingerprint density at radius 2 is 2.03 bits per heavy atom. The van der Waals surface area contributed by atoms with Crippen molar-refractivity contribution in [2.24, 2.45) is 0 Å². The largest absolute Gasteiger partial charge is 0.355 e. The number of hydrogen-bond acceptors (Lipinski definition) is 6. The highest BCUT2D eigenvalue weighted by molar-refractivity contribution is 7.98. The number of carbonyl (C=O) groups is 1. The molecule has 2 N–H and O–H groups in total. The van der Waals surface area contributed by atoms with Crippen LogP contribution >= 0.6 is 34.9 Å². The fourth-order valence-corrected chi connectivity index (χ4v) is 6.53. The first-order valence-electron chi connectivity index (χ1n) is 10.3. The van der Waals surface area contributed by atoms with E-state index in [9.17, 15) is 14.0 Å². The average molecular weight is 478 g/mol. The maximum Gasteiger partial charge on any atom is 0.259 e. The second kappa shape index (κ2) is 10.7. The van der Waals surface area contributed by atoms with Gasteiger partial charge in [-0.2, -0.15) is 23.5 Å². The van der Waals surface area contributed by atoms with Crippen LogP contribution in [0.5, 0.6) is 0 Å². The second-order valence-electron chi connectivity index (χ2n) is 7.35. The number of aromatic nitrogens is 2. The molecule has 9 heteroatoms. The summed E-state index contributed by atoms with van der Waals surface area (Å²) in [6.07, 6.45) is 3.57. The average Bonchev–Trinajstić information content (AvgIpc) is 3.33. The topological polar surface area (TPSA) is 74.8 Å². The molecular formula is C22H24FN3O2S3. The molecule has 1 aliphatic rings. The fourth-order valence-electron chi connectivity index (χ4n) is 3.60. The lowest BCUT2D eigenvalue weighted by molar-refractivity contribution is -0.120. The molecule has 4 rings (SSSR count). The predicted molar refractivity (Wildman–Crippen MR) is 129 cm³/mol. The molecule has 1 amide bonds. The molecule has 2 aromatic heterocycles. The molecular weight excluding hydrogens is 453 g/mol. The van der Waals surface area contributed by atoms with E-state index in [0.717, 1.165) is 35.2 Å². The Morgan fingerprint density at radius 3 is 2.90 bits per heavy atom. The molecule has 0 unspecified atom stereocenters. The lowest BCUT2D eigenvalue weighted by atomic mass is 10.2. The third-order valence-corrected chi connectivity index (χ3v) is 8.28. The number of rotatable bonds is 10. The van der Waals surface area contributed by atoms with Crippen LogP contribution in [0.15, 0.2) is 29.1 Å². The van der Waals surface area contributed by atoms with Gasteiger partial charge in [0.1, 0.15) is 16.5 Å². The van der Waals surface area contributed by atoms with Gasteiger partial charge in [0.25, 0.3) is 5.56 Å². The van der Waals surface area contributed by atoms with Gasteiger partial charge in [-0.25, -0.2) is 9.37 Å². The van der Waals surface area contributed by atoms with Crippen molar-refractivity contribution in [3.05, 3.63) is 62.3 Å². The Morgan fingerprint density at radius 1 is 1.19 bits per heavy atom. The number of benzene rings is 1. The number of halogens is 1. The van der Waals surface area contributed by atoms with Crippen molar-refractivity contribution in [1.82, 2.24) is 15.3 Å². The molecule has 31 heavy (non-hydrogen) atoms. The zero-order valence-corrected chi connectivity index (χ0v) is 19.5. The number of fused-ring (bicyclic) bond motifs is 3. The number of carbonyl (C=O) groups excluding carboxylic acids is 1. The summed E-state index contributed by atoms with van der Waals surface area (Å²) in [5.41, 5.74) is 1.84. The van der Waals surface area contributed by atoms with Gasteiger partial charge in [-0.05, 0) is 36.5 Å². The minimum Gasteiger partial charge on any atom is -0.355 e. The van der Waals surface area contributed by atoms with Crippen molar-refractivity contribution in [2.45, 2.75) is 37.2 Å². The van der Waals surface area contributed by atoms with Crippen molar-refractivity contribution < 1.29 is 9.18 Å². The molecule has 5 nitrogen and oxygen atoms in total. The number of amides is 1. The third kappa shape index (κ3) is 5.70. The zero-order chi connectivity index (χ0) is 21.6. The molecule has 0 aliphatic heterocycles. The summed E-state index contributed by atoms with van der Waals surface area (Å²) in [4.78, 5) is 34.1. The predicted octanol–water partition coefficient (Wildman–Crippen LogP) is 4.29. The quantitative estimate of drug-likeness (QED) is 0.426. The molecule has 164 valence electrons. The van der Waals surface area contributed by atoms with E-state index in [1.165, 1.54) is 16.5 Å². The van der Waals surface area contributed by atoms with Gasteiger partial charge in [-0.15, -0.1) is 11.3 Å². The van der Waals surface area contributed by atoms with Crippen LogP contribution in [0.2, 0.25) is 0 Å². The summed E-state index contributed by atoms with van der Waals surface area (Å²) in [6, 6.07) is 6.75. The van der Waals surface area contributed by atoms with E-state index in [2.05, 4.69) is 15.3 Å². The van der Waals surface area contributed by atoms with Crippen molar-refractivity contribution >= 4 is 51.0 Å². The van der Waals surface area contributed by atoms with Gasteiger partial charge < -0.3 is 10.3 Å². The van der Waals surface area contributed by atoms with Crippen LogP contribution in [0.25, 0.3) is 10.2 Å². The van der Waals surface area contributed by atoms with Crippen LogP contribution < -0.4 is 10.9 Å².